The Labute approximate surface area is 104 Å². The van der Waals surface area contributed by atoms with Gasteiger partial charge in [-0.15, -0.1) is 0 Å². The zero-order valence-electron chi connectivity index (χ0n) is 11.9. The Kier molecular flexibility index (Phi) is 4.20. The minimum atomic E-state index is -0.296. The van der Waals surface area contributed by atoms with Crippen LogP contribution in [0.1, 0.15) is 41.5 Å². The fourth-order valence-corrected chi connectivity index (χ4v) is 2.29. The molecule has 1 aliphatic heterocycles. The maximum Gasteiger partial charge on any atom is 0.248 e. The number of rotatable bonds is 3. The number of hydrogen-bond acceptors (Lipinski definition) is 3. The quantitative estimate of drug-likeness (QED) is 0.759. The van der Waals surface area contributed by atoms with E-state index in [4.69, 9.17) is 9.47 Å². The van der Waals surface area contributed by atoms with Crippen molar-refractivity contribution in [2.45, 2.75) is 58.8 Å². The second-order valence-corrected chi connectivity index (χ2v) is 6.23. The molecule has 4 heteroatoms. The summed E-state index contributed by atoms with van der Waals surface area (Å²) in [6, 6.07) is 0. The Balaban J connectivity index is 2.61. The zero-order valence-corrected chi connectivity index (χ0v) is 11.9. The summed E-state index contributed by atoms with van der Waals surface area (Å²) in [7, 11) is 0. The molecule has 1 saturated heterocycles. The smallest absolute Gasteiger partial charge is 0.248 e. The van der Waals surface area contributed by atoms with Crippen molar-refractivity contribution < 1.29 is 14.3 Å². The standard InChI is InChI=1S/C13H25NO3/c1-10(2)16-7-11(15)14-8-12(3,4)17-13(5,6)9-14/h10H,7-9H2,1-6H3. The molecule has 0 bridgehead atoms. The first-order chi connectivity index (χ1) is 7.61. The van der Waals surface area contributed by atoms with Gasteiger partial charge >= 0.3 is 0 Å². The van der Waals surface area contributed by atoms with Crippen molar-refractivity contribution in [3.8, 4) is 0 Å². The van der Waals surface area contributed by atoms with E-state index in [1.54, 1.807) is 0 Å². The number of hydrogen-bond donors (Lipinski definition) is 0. The highest BCUT2D eigenvalue weighted by Gasteiger charge is 2.39. The summed E-state index contributed by atoms with van der Waals surface area (Å²) < 4.78 is 11.3. The third-order valence-electron chi connectivity index (χ3n) is 2.59. The molecule has 4 nitrogen and oxygen atoms in total. The summed E-state index contributed by atoms with van der Waals surface area (Å²) in [5.41, 5.74) is -0.593. The lowest BCUT2D eigenvalue weighted by atomic mass is 9.99. The van der Waals surface area contributed by atoms with Gasteiger partial charge in [-0.1, -0.05) is 0 Å². The van der Waals surface area contributed by atoms with Crippen molar-refractivity contribution in [1.82, 2.24) is 4.90 Å². The van der Waals surface area contributed by atoms with Gasteiger partial charge in [0.15, 0.2) is 0 Å². The van der Waals surface area contributed by atoms with Gasteiger partial charge in [0.2, 0.25) is 5.91 Å². The van der Waals surface area contributed by atoms with Crippen molar-refractivity contribution in [3.05, 3.63) is 0 Å². The number of ether oxygens (including phenoxy) is 2. The minimum absolute atomic E-state index is 0.0446. The molecule has 0 N–H and O–H groups in total. The van der Waals surface area contributed by atoms with Gasteiger partial charge in [0.05, 0.1) is 17.3 Å². The van der Waals surface area contributed by atoms with Crippen LogP contribution in [-0.4, -0.2) is 47.8 Å². The van der Waals surface area contributed by atoms with Gasteiger partial charge in [-0.2, -0.15) is 0 Å². The Bertz CT molecular complexity index is 268. The second kappa shape index (κ2) is 4.94. The number of nitrogens with zero attached hydrogens (tertiary/aromatic N) is 1. The summed E-state index contributed by atoms with van der Waals surface area (Å²) in [6.45, 7) is 13.3. The van der Waals surface area contributed by atoms with Crippen LogP contribution < -0.4 is 0 Å². The maximum atomic E-state index is 12.0. The van der Waals surface area contributed by atoms with Gasteiger partial charge in [0.1, 0.15) is 6.61 Å². The number of carbonyl (C=O) groups excluding carboxylic acids is 1. The third kappa shape index (κ3) is 4.64. The van der Waals surface area contributed by atoms with Crippen LogP contribution in [0.5, 0.6) is 0 Å². The average molecular weight is 243 g/mol. The predicted molar refractivity (Wildman–Crippen MR) is 66.9 cm³/mol. The molecule has 0 aromatic heterocycles. The van der Waals surface area contributed by atoms with Crippen LogP contribution in [-0.2, 0) is 14.3 Å². The first-order valence-corrected chi connectivity index (χ1v) is 6.21. The lowest BCUT2D eigenvalue weighted by Gasteiger charge is -2.47. The molecule has 0 atom stereocenters. The van der Waals surface area contributed by atoms with E-state index in [0.717, 1.165) is 0 Å². The second-order valence-electron chi connectivity index (χ2n) is 6.23. The fourth-order valence-electron chi connectivity index (χ4n) is 2.29. The van der Waals surface area contributed by atoms with Crippen LogP contribution in [0.2, 0.25) is 0 Å². The monoisotopic (exact) mass is 243 g/mol. The van der Waals surface area contributed by atoms with Crippen molar-refractivity contribution in [2.24, 2.45) is 0 Å². The topological polar surface area (TPSA) is 38.8 Å². The highest BCUT2D eigenvalue weighted by atomic mass is 16.5. The number of morpholine rings is 1. The van der Waals surface area contributed by atoms with E-state index in [0.29, 0.717) is 13.1 Å². The highest BCUT2D eigenvalue weighted by Crippen LogP contribution is 2.27. The molecule has 100 valence electrons. The van der Waals surface area contributed by atoms with Gasteiger partial charge in [0, 0.05) is 13.1 Å². The Hall–Kier alpha value is -0.610. The van der Waals surface area contributed by atoms with Crippen molar-refractivity contribution in [3.63, 3.8) is 0 Å². The Morgan fingerprint density at radius 2 is 1.71 bits per heavy atom. The molecule has 0 spiro atoms. The van der Waals surface area contributed by atoms with Crippen molar-refractivity contribution >= 4 is 5.91 Å². The van der Waals surface area contributed by atoms with E-state index in [-0.39, 0.29) is 29.8 Å². The average Bonchev–Trinajstić information content (AvgIpc) is 2.08. The molecule has 17 heavy (non-hydrogen) atoms. The third-order valence-corrected chi connectivity index (χ3v) is 2.59. The molecule has 0 aromatic carbocycles. The Morgan fingerprint density at radius 3 is 2.12 bits per heavy atom. The lowest BCUT2D eigenvalue weighted by Crippen LogP contribution is -2.59. The van der Waals surface area contributed by atoms with Crippen LogP contribution in [0.15, 0.2) is 0 Å². The summed E-state index contributed by atoms with van der Waals surface area (Å²) in [4.78, 5) is 13.9. The summed E-state index contributed by atoms with van der Waals surface area (Å²) in [5, 5.41) is 0. The highest BCUT2D eigenvalue weighted by molar-refractivity contribution is 5.77. The minimum Gasteiger partial charge on any atom is -0.369 e. The normalized spacial score (nSPS) is 22.9. The van der Waals surface area contributed by atoms with Crippen LogP contribution in [0.3, 0.4) is 0 Å². The number of carbonyl (C=O) groups is 1. The van der Waals surface area contributed by atoms with Crippen molar-refractivity contribution in [1.29, 1.82) is 0 Å². The molecule has 0 aliphatic carbocycles. The van der Waals surface area contributed by atoms with Gasteiger partial charge in [-0.05, 0) is 41.5 Å². The molecule has 0 aromatic rings. The largest absolute Gasteiger partial charge is 0.369 e. The zero-order chi connectivity index (χ0) is 13.3. The van der Waals surface area contributed by atoms with E-state index >= 15 is 0 Å². The van der Waals surface area contributed by atoms with Gasteiger partial charge < -0.3 is 14.4 Å². The summed E-state index contributed by atoms with van der Waals surface area (Å²) >= 11 is 0. The van der Waals surface area contributed by atoms with Gasteiger partial charge in [-0.25, -0.2) is 0 Å². The van der Waals surface area contributed by atoms with E-state index in [9.17, 15) is 4.79 Å². The molecule has 1 rings (SSSR count). The molecule has 1 heterocycles. The Morgan fingerprint density at radius 1 is 1.24 bits per heavy atom. The van der Waals surface area contributed by atoms with E-state index in [2.05, 4.69) is 0 Å². The summed E-state index contributed by atoms with van der Waals surface area (Å²) in [5.74, 6) is 0.0446. The predicted octanol–water partition coefficient (Wildman–Crippen LogP) is 1.83. The van der Waals surface area contributed by atoms with Crippen LogP contribution in [0.25, 0.3) is 0 Å². The summed E-state index contributed by atoms with van der Waals surface area (Å²) in [6.07, 6.45) is 0.0843. The molecule has 1 fully saturated rings. The fraction of sp³-hybridized carbons (Fsp3) is 0.923. The molecule has 0 unspecified atom stereocenters. The van der Waals surface area contributed by atoms with Gasteiger partial charge in [0.25, 0.3) is 0 Å². The van der Waals surface area contributed by atoms with Crippen molar-refractivity contribution in [2.75, 3.05) is 19.7 Å². The van der Waals surface area contributed by atoms with E-state index in [1.165, 1.54) is 0 Å². The van der Waals surface area contributed by atoms with E-state index in [1.807, 2.05) is 46.4 Å². The molecule has 0 radical (unpaired) electrons. The number of amides is 1. The molecular formula is C13H25NO3. The van der Waals surface area contributed by atoms with Crippen LogP contribution in [0, 0.1) is 0 Å². The molecule has 0 saturated carbocycles. The first kappa shape index (κ1) is 14.5. The lowest BCUT2D eigenvalue weighted by molar-refractivity contribution is -0.190. The van der Waals surface area contributed by atoms with Gasteiger partial charge in [-0.3, -0.25) is 4.79 Å². The van der Waals surface area contributed by atoms with Crippen LogP contribution >= 0.6 is 0 Å². The van der Waals surface area contributed by atoms with E-state index < -0.39 is 0 Å². The maximum absolute atomic E-state index is 12.0. The molecule has 1 aliphatic rings. The van der Waals surface area contributed by atoms with Crippen LogP contribution in [0.4, 0.5) is 0 Å². The molecule has 1 amide bonds. The molecular weight excluding hydrogens is 218 g/mol. The first-order valence-electron chi connectivity index (χ1n) is 6.21. The SMILES string of the molecule is CC(C)OCC(=O)N1CC(C)(C)OC(C)(C)C1.